The Hall–Kier alpha value is -3.20. The lowest BCUT2D eigenvalue weighted by Crippen LogP contribution is -2.25. The standard InChI is InChI=1S/C20H20N2O6S/c1-13(19(24)14-7-9-15(27-2)10-8-14)28-18(23)11-12-21-20-16-5-3-4-6-17(16)29(25,26)22-20/h3-10,13H,11-12H2,1-2H3,(H,21,22)/t13-/m1/s1. The van der Waals surface area contributed by atoms with E-state index < -0.39 is 22.1 Å². The van der Waals surface area contributed by atoms with Crippen molar-refractivity contribution in [2.24, 2.45) is 4.99 Å². The Morgan fingerprint density at radius 3 is 2.48 bits per heavy atom. The number of rotatable bonds is 7. The maximum Gasteiger partial charge on any atom is 0.308 e. The van der Waals surface area contributed by atoms with Crippen molar-refractivity contribution in [2.45, 2.75) is 24.3 Å². The normalized spacial score (nSPS) is 16.6. The number of ether oxygens (including phenoxy) is 2. The van der Waals surface area contributed by atoms with E-state index >= 15 is 0 Å². The molecule has 3 rings (SSSR count). The zero-order chi connectivity index (χ0) is 21.0. The second kappa shape index (κ2) is 8.44. The average Bonchev–Trinajstić information content (AvgIpc) is 2.98. The smallest absolute Gasteiger partial charge is 0.308 e. The van der Waals surface area contributed by atoms with E-state index in [1.54, 1.807) is 42.5 Å². The lowest BCUT2D eigenvalue weighted by atomic mass is 10.1. The van der Waals surface area contributed by atoms with Crippen molar-refractivity contribution in [1.29, 1.82) is 0 Å². The zero-order valence-electron chi connectivity index (χ0n) is 15.9. The molecule has 152 valence electrons. The Morgan fingerprint density at radius 2 is 1.79 bits per heavy atom. The van der Waals surface area contributed by atoms with E-state index in [2.05, 4.69) is 9.71 Å². The molecule has 1 atom stereocenters. The molecule has 8 nitrogen and oxygen atoms in total. The Labute approximate surface area is 168 Å². The first kappa shape index (κ1) is 20.5. The van der Waals surface area contributed by atoms with Crippen molar-refractivity contribution < 1.29 is 27.5 Å². The number of nitrogens with one attached hydrogen (secondary N) is 1. The number of Topliss-reactive ketones (excluding diaryl/α,β-unsaturated/α-hetero) is 1. The number of benzene rings is 2. The molecule has 0 radical (unpaired) electrons. The Kier molecular flexibility index (Phi) is 5.97. The van der Waals surface area contributed by atoms with Crippen molar-refractivity contribution in [3.05, 3.63) is 59.7 Å². The first-order chi connectivity index (χ1) is 13.8. The van der Waals surface area contributed by atoms with Crippen LogP contribution in [0.2, 0.25) is 0 Å². The quantitative estimate of drug-likeness (QED) is 0.545. The summed E-state index contributed by atoms with van der Waals surface area (Å²) in [5, 5.41) is 0. The highest BCUT2D eigenvalue weighted by Gasteiger charge is 2.30. The molecule has 0 aromatic heterocycles. The van der Waals surface area contributed by atoms with E-state index in [1.807, 2.05) is 0 Å². The molecule has 2 aromatic rings. The summed E-state index contributed by atoms with van der Waals surface area (Å²) in [4.78, 5) is 28.7. The van der Waals surface area contributed by atoms with Crippen LogP contribution in [-0.2, 0) is 19.6 Å². The topological polar surface area (TPSA) is 111 Å². The molecule has 2 aromatic carbocycles. The summed E-state index contributed by atoms with van der Waals surface area (Å²) < 4.78 is 36.6. The second-order valence-corrected chi connectivity index (χ2v) is 7.96. The van der Waals surface area contributed by atoms with Gasteiger partial charge in [-0.25, -0.2) is 8.42 Å². The van der Waals surface area contributed by atoms with Crippen LogP contribution < -0.4 is 9.46 Å². The molecule has 1 heterocycles. The van der Waals surface area contributed by atoms with Gasteiger partial charge in [0.05, 0.1) is 25.0 Å². The fourth-order valence-corrected chi connectivity index (χ4v) is 4.06. The number of fused-ring (bicyclic) bond motifs is 1. The number of methoxy groups -OCH3 is 1. The van der Waals surface area contributed by atoms with Gasteiger partial charge in [-0.2, -0.15) is 0 Å². The number of carbonyl (C=O) groups is 2. The van der Waals surface area contributed by atoms with Gasteiger partial charge in [0.15, 0.2) is 6.10 Å². The number of hydrogen-bond acceptors (Lipinski definition) is 7. The Balaban J connectivity index is 1.56. The van der Waals surface area contributed by atoms with Crippen LogP contribution in [0.25, 0.3) is 0 Å². The largest absolute Gasteiger partial charge is 0.497 e. The van der Waals surface area contributed by atoms with E-state index in [0.717, 1.165) is 0 Å². The first-order valence-corrected chi connectivity index (χ1v) is 10.3. The van der Waals surface area contributed by atoms with Crippen LogP contribution in [0, 0.1) is 0 Å². The number of hydrogen-bond donors (Lipinski definition) is 1. The molecule has 1 aliphatic heterocycles. The average molecular weight is 416 g/mol. The molecule has 0 bridgehead atoms. The maximum absolute atomic E-state index is 12.3. The van der Waals surface area contributed by atoms with Crippen LogP contribution in [0.1, 0.15) is 29.3 Å². The molecule has 1 N–H and O–H groups in total. The summed E-state index contributed by atoms with van der Waals surface area (Å²) in [5.41, 5.74) is 0.868. The summed E-state index contributed by atoms with van der Waals surface area (Å²) in [7, 11) is -2.09. The van der Waals surface area contributed by atoms with Crippen molar-refractivity contribution in [3.63, 3.8) is 0 Å². The SMILES string of the molecule is COc1ccc(C(=O)[C@@H](C)OC(=O)CCN=C2NS(=O)(=O)c3ccccc32)cc1. The number of ketones is 1. The maximum atomic E-state index is 12.3. The first-order valence-electron chi connectivity index (χ1n) is 8.86. The molecule has 0 saturated carbocycles. The number of carbonyl (C=O) groups excluding carboxylic acids is 2. The molecular weight excluding hydrogens is 396 g/mol. The van der Waals surface area contributed by atoms with Crippen LogP contribution in [-0.4, -0.2) is 45.8 Å². The Morgan fingerprint density at radius 1 is 1.10 bits per heavy atom. The summed E-state index contributed by atoms with van der Waals surface area (Å²) in [5.74, 6) is -0.118. The lowest BCUT2D eigenvalue weighted by Gasteiger charge is -2.12. The molecule has 0 aliphatic carbocycles. The summed E-state index contributed by atoms with van der Waals surface area (Å²) in [6.07, 6.45) is -1.04. The van der Waals surface area contributed by atoms with Gasteiger partial charge in [-0.3, -0.25) is 19.3 Å². The summed E-state index contributed by atoms with van der Waals surface area (Å²) in [6, 6.07) is 13.0. The van der Waals surface area contributed by atoms with E-state index in [0.29, 0.717) is 16.9 Å². The van der Waals surface area contributed by atoms with E-state index in [-0.39, 0.29) is 29.5 Å². The van der Waals surface area contributed by atoms with Crippen LogP contribution >= 0.6 is 0 Å². The van der Waals surface area contributed by atoms with Crippen LogP contribution in [0.3, 0.4) is 0 Å². The Bertz CT molecular complexity index is 1060. The summed E-state index contributed by atoms with van der Waals surface area (Å²) >= 11 is 0. The highest BCUT2D eigenvalue weighted by atomic mass is 32.2. The van der Waals surface area contributed by atoms with E-state index in [4.69, 9.17) is 9.47 Å². The molecule has 0 saturated heterocycles. The van der Waals surface area contributed by atoms with Crippen LogP contribution in [0.5, 0.6) is 5.75 Å². The predicted octanol–water partition coefficient (Wildman–Crippen LogP) is 1.94. The van der Waals surface area contributed by atoms with Crippen molar-refractivity contribution in [1.82, 2.24) is 4.72 Å². The minimum absolute atomic E-state index is 0.0223. The van der Waals surface area contributed by atoms with E-state index in [1.165, 1.54) is 20.1 Å². The monoisotopic (exact) mass is 416 g/mol. The number of nitrogens with zero attached hydrogens (tertiary/aromatic N) is 1. The highest BCUT2D eigenvalue weighted by molar-refractivity contribution is 7.90. The predicted molar refractivity (Wildman–Crippen MR) is 106 cm³/mol. The van der Waals surface area contributed by atoms with Gasteiger partial charge < -0.3 is 9.47 Å². The number of sulfonamides is 1. The van der Waals surface area contributed by atoms with Crippen molar-refractivity contribution >= 4 is 27.6 Å². The number of esters is 1. The van der Waals surface area contributed by atoms with Crippen LogP contribution in [0.4, 0.5) is 0 Å². The van der Waals surface area contributed by atoms with Crippen molar-refractivity contribution in [3.8, 4) is 5.75 Å². The fourth-order valence-electron chi connectivity index (χ4n) is 2.81. The second-order valence-electron chi connectivity index (χ2n) is 6.31. The minimum Gasteiger partial charge on any atom is -0.497 e. The molecule has 29 heavy (non-hydrogen) atoms. The van der Waals surface area contributed by atoms with Crippen LogP contribution in [0.15, 0.2) is 58.4 Å². The van der Waals surface area contributed by atoms with Gasteiger partial charge in [0.2, 0.25) is 5.78 Å². The molecular formula is C20H20N2O6S. The fraction of sp³-hybridized carbons (Fsp3) is 0.250. The number of amidine groups is 1. The van der Waals surface area contributed by atoms with Gasteiger partial charge in [0.1, 0.15) is 11.6 Å². The zero-order valence-corrected chi connectivity index (χ0v) is 16.7. The molecule has 0 spiro atoms. The molecule has 9 heteroatoms. The van der Waals surface area contributed by atoms with Gasteiger partial charge in [-0.1, -0.05) is 12.1 Å². The third-order valence-electron chi connectivity index (χ3n) is 4.30. The molecule has 0 unspecified atom stereocenters. The van der Waals surface area contributed by atoms with Gasteiger partial charge in [0.25, 0.3) is 10.0 Å². The van der Waals surface area contributed by atoms with E-state index in [9.17, 15) is 18.0 Å². The lowest BCUT2D eigenvalue weighted by molar-refractivity contribution is -0.146. The molecule has 0 amide bonds. The van der Waals surface area contributed by atoms with Gasteiger partial charge in [-0.05, 0) is 43.3 Å². The third kappa shape index (κ3) is 4.62. The van der Waals surface area contributed by atoms with Crippen molar-refractivity contribution in [2.75, 3.05) is 13.7 Å². The van der Waals surface area contributed by atoms with Gasteiger partial charge >= 0.3 is 5.97 Å². The third-order valence-corrected chi connectivity index (χ3v) is 5.70. The number of aliphatic imine (C=N–C) groups is 1. The molecule has 0 fully saturated rings. The highest BCUT2D eigenvalue weighted by Crippen LogP contribution is 2.22. The summed E-state index contributed by atoms with van der Waals surface area (Å²) in [6.45, 7) is 1.52. The van der Waals surface area contributed by atoms with Gasteiger partial charge in [-0.15, -0.1) is 0 Å². The minimum atomic E-state index is -3.62. The van der Waals surface area contributed by atoms with Gasteiger partial charge in [0, 0.05) is 11.1 Å². The molecule has 1 aliphatic rings.